The van der Waals surface area contributed by atoms with Gasteiger partial charge in [-0.15, -0.1) is 0 Å². The van der Waals surface area contributed by atoms with Crippen molar-refractivity contribution in [3.05, 3.63) is 45.7 Å². The van der Waals surface area contributed by atoms with Crippen LogP contribution in [-0.4, -0.2) is 9.78 Å². The number of hydrogen-bond acceptors (Lipinski definition) is 2. The zero-order chi connectivity index (χ0) is 13.1. The highest BCUT2D eigenvalue weighted by molar-refractivity contribution is 9.10. The van der Waals surface area contributed by atoms with Crippen molar-refractivity contribution in [1.82, 2.24) is 9.78 Å². The number of hydrogen-bond donors (Lipinski definition) is 0. The molecule has 1 aromatic carbocycles. The van der Waals surface area contributed by atoms with Crippen molar-refractivity contribution in [2.75, 3.05) is 0 Å². The minimum Gasteiger partial charge on any atom is -0.486 e. The van der Waals surface area contributed by atoms with Crippen LogP contribution in [0.2, 0.25) is 5.02 Å². The molecule has 0 unspecified atom stereocenters. The van der Waals surface area contributed by atoms with Gasteiger partial charge < -0.3 is 4.74 Å². The van der Waals surface area contributed by atoms with Crippen molar-refractivity contribution in [3.8, 4) is 5.75 Å². The predicted octanol–water partition coefficient (Wildman–Crippen LogP) is 4.46. The fourth-order valence-corrected chi connectivity index (χ4v) is 1.99. The van der Waals surface area contributed by atoms with Gasteiger partial charge in [0.1, 0.15) is 12.4 Å². The molecule has 0 radical (unpaired) electrons. The molecule has 18 heavy (non-hydrogen) atoms. The summed E-state index contributed by atoms with van der Waals surface area (Å²) in [5.74, 6) is 0.658. The first-order valence-electron chi connectivity index (χ1n) is 5.68. The summed E-state index contributed by atoms with van der Waals surface area (Å²) >= 11 is 9.43. The Bertz CT molecular complexity index is 540. The Morgan fingerprint density at radius 3 is 2.83 bits per heavy atom. The Morgan fingerprint density at radius 1 is 1.39 bits per heavy atom. The Kier molecular flexibility index (Phi) is 4.30. The zero-order valence-electron chi connectivity index (χ0n) is 10.2. The third kappa shape index (κ3) is 3.27. The first kappa shape index (κ1) is 13.4. The molecule has 96 valence electrons. The fourth-order valence-electron chi connectivity index (χ4n) is 1.48. The maximum Gasteiger partial charge on any atom is 0.139 e. The molecule has 0 bridgehead atoms. The van der Waals surface area contributed by atoms with Crippen LogP contribution in [-0.2, 0) is 6.61 Å². The molecule has 1 heterocycles. The molecule has 5 heteroatoms. The van der Waals surface area contributed by atoms with E-state index in [-0.39, 0.29) is 0 Å². The molecule has 0 aliphatic rings. The van der Waals surface area contributed by atoms with Crippen LogP contribution in [0.3, 0.4) is 0 Å². The van der Waals surface area contributed by atoms with Gasteiger partial charge in [0, 0.05) is 16.7 Å². The minimum atomic E-state index is 0.355. The first-order valence-corrected chi connectivity index (χ1v) is 6.85. The van der Waals surface area contributed by atoms with Crippen LogP contribution >= 0.6 is 27.5 Å². The molecule has 0 spiro atoms. The van der Waals surface area contributed by atoms with E-state index in [4.69, 9.17) is 16.3 Å². The van der Waals surface area contributed by atoms with Gasteiger partial charge in [-0.25, -0.2) is 0 Å². The largest absolute Gasteiger partial charge is 0.486 e. The van der Waals surface area contributed by atoms with E-state index >= 15 is 0 Å². The number of halogens is 2. The highest BCUT2D eigenvalue weighted by atomic mass is 79.9. The van der Waals surface area contributed by atoms with Gasteiger partial charge in [0.05, 0.1) is 10.7 Å². The van der Waals surface area contributed by atoms with Gasteiger partial charge in [0.25, 0.3) is 0 Å². The van der Waals surface area contributed by atoms with Crippen molar-refractivity contribution in [2.24, 2.45) is 0 Å². The smallest absolute Gasteiger partial charge is 0.139 e. The second-order valence-corrected chi connectivity index (χ2v) is 5.57. The van der Waals surface area contributed by atoms with E-state index in [1.807, 2.05) is 29.1 Å². The summed E-state index contributed by atoms with van der Waals surface area (Å²) in [7, 11) is 0. The van der Waals surface area contributed by atoms with E-state index in [0.29, 0.717) is 23.4 Å². The Balaban J connectivity index is 2.04. The summed E-state index contributed by atoms with van der Waals surface area (Å²) in [5.41, 5.74) is 0.889. The maximum absolute atomic E-state index is 6.05. The van der Waals surface area contributed by atoms with Crippen molar-refractivity contribution in [2.45, 2.75) is 26.5 Å². The van der Waals surface area contributed by atoms with Crippen LogP contribution < -0.4 is 4.74 Å². The van der Waals surface area contributed by atoms with E-state index in [9.17, 15) is 0 Å². The third-order valence-corrected chi connectivity index (χ3v) is 3.27. The molecule has 0 fully saturated rings. The van der Waals surface area contributed by atoms with Crippen molar-refractivity contribution in [1.29, 1.82) is 0 Å². The molecule has 0 saturated heterocycles. The lowest BCUT2D eigenvalue weighted by atomic mass is 10.3. The molecule has 2 rings (SSSR count). The number of nitrogens with zero attached hydrogens (tertiary/aromatic N) is 2. The SMILES string of the molecule is CC(C)n1ccc(COc2cc(Br)ccc2Cl)n1. The Morgan fingerprint density at radius 2 is 2.17 bits per heavy atom. The van der Waals surface area contributed by atoms with Crippen molar-refractivity contribution >= 4 is 27.5 Å². The van der Waals surface area contributed by atoms with E-state index in [2.05, 4.69) is 34.9 Å². The zero-order valence-corrected chi connectivity index (χ0v) is 12.6. The number of rotatable bonds is 4. The summed E-state index contributed by atoms with van der Waals surface area (Å²) in [6.45, 7) is 4.58. The summed E-state index contributed by atoms with van der Waals surface area (Å²) < 4.78 is 8.50. The molecule has 0 aliphatic heterocycles. The van der Waals surface area contributed by atoms with E-state index in [1.54, 1.807) is 6.07 Å². The number of ether oxygens (including phenoxy) is 1. The third-order valence-electron chi connectivity index (χ3n) is 2.46. The summed E-state index contributed by atoms with van der Waals surface area (Å²) in [4.78, 5) is 0. The highest BCUT2D eigenvalue weighted by Gasteiger charge is 2.05. The molecule has 2 aromatic rings. The second kappa shape index (κ2) is 5.76. The van der Waals surface area contributed by atoms with Gasteiger partial charge in [-0.05, 0) is 38.1 Å². The van der Waals surface area contributed by atoms with Crippen LogP contribution in [0.5, 0.6) is 5.75 Å². The number of aromatic nitrogens is 2. The lowest BCUT2D eigenvalue weighted by Gasteiger charge is -2.07. The van der Waals surface area contributed by atoms with E-state index in [0.717, 1.165) is 10.2 Å². The minimum absolute atomic E-state index is 0.355. The highest BCUT2D eigenvalue weighted by Crippen LogP contribution is 2.28. The standard InChI is InChI=1S/C13H14BrClN2O/c1-9(2)17-6-5-11(16-17)8-18-13-7-10(14)3-4-12(13)15/h3-7,9H,8H2,1-2H3. The van der Waals surface area contributed by atoms with Gasteiger partial charge in [-0.2, -0.15) is 5.10 Å². The monoisotopic (exact) mass is 328 g/mol. The summed E-state index contributed by atoms with van der Waals surface area (Å²) in [5, 5.41) is 5.01. The van der Waals surface area contributed by atoms with E-state index in [1.165, 1.54) is 0 Å². The van der Waals surface area contributed by atoms with Gasteiger partial charge in [0.2, 0.25) is 0 Å². The Hall–Kier alpha value is -1.00. The first-order chi connectivity index (χ1) is 8.56. The fraction of sp³-hybridized carbons (Fsp3) is 0.308. The predicted molar refractivity (Wildman–Crippen MR) is 76.1 cm³/mol. The van der Waals surface area contributed by atoms with Crippen LogP contribution in [0.15, 0.2) is 34.9 Å². The molecule has 0 saturated carbocycles. The van der Waals surface area contributed by atoms with E-state index < -0.39 is 0 Å². The number of benzene rings is 1. The lowest BCUT2D eigenvalue weighted by Crippen LogP contribution is -2.03. The maximum atomic E-state index is 6.05. The summed E-state index contributed by atoms with van der Waals surface area (Å²) in [6, 6.07) is 7.83. The molecular formula is C13H14BrClN2O. The van der Waals surface area contributed by atoms with Crippen molar-refractivity contribution < 1.29 is 4.74 Å². The quantitative estimate of drug-likeness (QED) is 0.828. The molecule has 1 aromatic heterocycles. The van der Waals surface area contributed by atoms with Gasteiger partial charge in [-0.1, -0.05) is 27.5 Å². The second-order valence-electron chi connectivity index (χ2n) is 4.24. The average molecular weight is 330 g/mol. The Labute approximate surface area is 120 Å². The molecule has 0 N–H and O–H groups in total. The van der Waals surface area contributed by atoms with Crippen LogP contribution in [0.4, 0.5) is 0 Å². The lowest BCUT2D eigenvalue weighted by molar-refractivity contribution is 0.298. The van der Waals surface area contributed by atoms with Crippen molar-refractivity contribution in [3.63, 3.8) is 0 Å². The topological polar surface area (TPSA) is 27.1 Å². The van der Waals surface area contributed by atoms with Crippen LogP contribution in [0, 0.1) is 0 Å². The normalized spacial score (nSPS) is 10.9. The molecule has 0 aliphatic carbocycles. The van der Waals surface area contributed by atoms with Gasteiger partial charge in [-0.3, -0.25) is 4.68 Å². The van der Waals surface area contributed by atoms with Crippen LogP contribution in [0.1, 0.15) is 25.6 Å². The molecule has 3 nitrogen and oxygen atoms in total. The van der Waals surface area contributed by atoms with Crippen LogP contribution in [0.25, 0.3) is 0 Å². The van der Waals surface area contributed by atoms with Gasteiger partial charge >= 0.3 is 0 Å². The molecule has 0 atom stereocenters. The molecular weight excluding hydrogens is 316 g/mol. The average Bonchev–Trinajstić information content (AvgIpc) is 2.79. The summed E-state index contributed by atoms with van der Waals surface area (Å²) in [6.07, 6.45) is 1.95. The molecule has 0 amide bonds. The van der Waals surface area contributed by atoms with Gasteiger partial charge in [0.15, 0.2) is 0 Å².